The van der Waals surface area contributed by atoms with Gasteiger partial charge in [0.05, 0.1) is 0 Å². The Morgan fingerprint density at radius 2 is 1.55 bits per heavy atom. The second kappa shape index (κ2) is 8.73. The highest BCUT2D eigenvalue weighted by atomic mass is 15.5. The van der Waals surface area contributed by atoms with Gasteiger partial charge in [0, 0.05) is 25.3 Å². The number of hydrazine groups is 1. The zero-order chi connectivity index (χ0) is 21.0. The molecule has 5 rings (SSSR count). The Labute approximate surface area is 182 Å². The lowest BCUT2D eigenvalue weighted by Gasteiger charge is -2.26. The number of fused-ring (bicyclic) bond motifs is 1. The zero-order valence-corrected chi connectivity index (χ0v) is 17.8. The van der Waals surface area contributed by atoms with Crippen molar-refractivity contribution in [2.45, 2.75) is 32.7 Å². The van der Waals surface area contributed by atoms with E-state index in [1.165, 1.54) is 24.8 Å². The van der Waals surface area contributed by atoms with Crippen LogP contribution in [0.4, 0.5) is 11.8 Å². The first-order valence-corrected chi connectivity index (χ1v) is 10.9. The fourth-order valence-corrected chi connectivity index (χ4v) is 4.06. The smallest absolute Gasteiger partial charge is 0.241 e. The number of hydrogen-bond acceptors (Lipinski definition) is 6. The third kappa shape index (κ3) is 4.22. The van der Waals surface area contributed by atoms with Gasteiger partial charge in [-0.15, -0.1) is 0 Å². The highest BCUT2D eigenvalue weighted by Gasteiger charge is 2.19. The highest BCUT2D eigenvalue weighted by Crippen LogP contribution is 2.26. The molecule has 0 spiro atoms. The Hall–Kier alpha value is -3.45. The van der Waals surface area contributed by atoms with E-state index in [9.17, 15) is 0 Å². The summed E-state index contributed by atoms with van der Waals surface area (Å²) in [6, 6.07) is 20.6. The minimum Gasteiger partial charge on any atom is -0.364 e. The highest BCUT2D eigenvalue weighted by molar-refractivity contribution is 5.86. The number of piperidine rings is 1. The molecule has 2 aromatic carbocycles. The minimum atomic E-state index is 0.599. The predicted molar refractivity (Wildman–Crippen MR) is 124 cm³/mol. The fraction of sp³-hybridized carbons (Fsp3) is 0.292. The average molecular weight is 414 g/mol. The maximum atomic E-state index is 4.88. The Morgan fingerprint density at radius 3 is 2.29 bits per heavy atom. The lowest BCUT2D eigenvalue weighted by Crippen LogP contribution is -2.35. The van der Waals surface area contributed by atoms with Crippen molar-refractivity contribution < 1.29 is 0 Å². The van der Waals surface area contributed by atoms with Gasteiger partial charge in [0.25, 0.3) is 0 Å². The van der Waals surface area contributed by atoms with Crippen molar-refractivity contribution in [2.75, 3.05) is 23.8 Å². The van der Waals surface area contributed by atoms with Crippen LogP contribution >= 0.6 is 0 Å². The van der Waals surface area contributed by atoms with Gasteiger partial charge in [-0.25, -0.2) is 9.99 Å². The molecule has 0 aliphatic carbocycles. The van der Waals surface area contributed by atoms with Crippen LogP contribution in [0.15, 0.2) is 60.7 Å². The Kier molecular flexibility index (Phi) is 5.50. The SMILES string of the molecule is Cc1nc2c(NCc3ccccc3)nc(NN3CCCCC3)nc2n1-c1ccccc1. The van der Waals surface area contributed by atoms with Gasteiger partial charge in [-0.3, -0.25) is 9.99 Å². The summed E-state index contributed by atoms with van der Waals surface area (Å²) in [5, 5.41) is 5.70. The van der Waals surface area contributed by atoms with Crippen molar-refractivity contribution in [1.82, 2.24) is 24.5 Å². The van der Waals surface area contributed by atoms with Crippen LogP contribution in [0.25, 0.3) is 16.9 Å². The van der Waals surface area contributed by atoms with E-state index in [-0.39, 0.29) is 0 Å². The van der Waals surface area contributed by atoms with Gasteiger partial charge in [0.1, 0.15) is 5.82 Å². The molecule has 0 radical (unpaired) electrons. The molecule has 0 saturated carbocycles. The number of nitrogens with zero attached hydrogens (tertiary/aromatic N) is 5. The lowest BCUT2D eigenvalue weighted by molar-refractivity contribution is 0.271. The number of aryl methyl sites for hydroxylation is 1. The first-order valence-electron chi connectivity index (χ1n) is 10.9. The molecule has 4 aromatic rings. The van der Waals surface area contributed by atoms with E-state index in [0.717, 1.165) is 41.6 Å². The first kappa shape index (κ1) is 19.5. The number of anilines is 2. The van der Waals surface area contributed by atoms with Crippen LogP contribution in [0.5, 0.6) is 0 Å². The van der Waals surface area contributed by atoms with Crippen LogP contribution in [-0.4, -0.2) is 37.6 Å². The van der Waals surface area contributed by atoms with Gasteiger partial charge in [-0.05, 0) is 37.5 Å². The minimum absolute atomic E-state index is 0.599. The third-order valence-corrected chi connectivity index (χ3v) is 5.61. The molecule has 0 amide bonds. The first-order chi connectivity index (χ1) is 15.3. The van der Waals surface area contributed by atoms with E-state index in [2.05, 4.69) is 44.6 Å². The van der Waals surface area contributed by atoms with Crippen molar-refractivity contribution in [1.29, 1.82) is 0 Å². The van der Waals surface area contributed by atoms with Crippen molar-refractivity contribution in [2.24, 2.45) is 0 Å². The summed E-state index contributed by atoms with van der Waals surface area (Å²) in [5.74, 6) is 2.22. The molecule has 7 nitrogen and oxygen atoms in total. The molecule has 1 fully saturated rings. The number of benzene rings is 2. The van der Waals surface area contributed by atoms with Crippen LogP contribution in [0.2, 0.25) is 0 Å². The van der Waals surface area contributed by atoms with E-state index in [0.29, 0.717) is 12.5 Å². The number of imidazole rings is 1. The van der Waals surface area contributed by atoms with Crippen molar-refractivity contribution in [3.63, 3.8) is 0 Å². The Morgan fingerprint density at radius 1 is 0.839 bits per heavy atom. The second-order valence-corrected chi connectivity index (χ2v) is 7.90. The van der Waals surface area contributed by atoms with E-state index >= 15 is 0 Å². The summed E-state index contributed by atoms with van der Waals surface area (Å²) in [6.07, 6.45) is 3.66. The summed E-state index contributed by atoms with van der Waals surface area (Å²) >= 11 is 0. The molecule has 7 heteroatoms. The Balaban J connectivity index is 1.56. The van der Waals surface area contributed by atoms with Gasteiger partial charge < -0.3 is 5.32 Å². The molecule has 0 atom stereocenters. The molecule has 3 heterocycles. The van der Waals surface area contributed by atoms with Crippen molar-refractivity contribution >= 4 is 22.9 Å². The predicted octanol–water partition coefficient (Wildman–Crippen LogP) is 4.55. The Bertz CT molecular complexity index is 1150. The number of rotatable bonds is 6. The van der Waals surface area contributed by atoms with Crippen LogP contribution in [0, 0.1) is 6.92 Å². The van der Waals surface area contributed by atoms with E-state index in [1.54, 1.807) is 0 Å². The number of hydrogen-bond donors (Lipinski definition) is 2. The largest absolute Gasteiger partial charge is 0.364 e. The van der Waals surface area contributed by atoms with Crippen LogP contribution in [-0.2, 0) is 6.54 Å². The standard InChI is InChI=1S/C24H27N7/c1-18-26-21-22(25-17-19-11-5-2-6-12-19)27-24(29-30-15-9-4-10-16-30)28-23(21)31(18)20-13-7-3-8-14-20/h2-3,5-8,11-14H,4,9-10,15-17H2,1H3,(H2,25,27,28,29). The number of aromatic nitrogens is 4. The number of para-hydroxylation sites is 1. The van der Waals surface area contributed by atoms with Crippen LogP contribution in [0.1, 0.15) is 30.7 Å². The summed E-state index contributed by atoms with van der Waals surface area (Å²) < 4.78 is 2.09. The van der Waals surface area contributed by atoms with Crippen LogP contribution < -0.4 is 10.7 Å². The molecule has 2 N–H and O–H groups in total. The lowest BCUT2D eigenvalue weighted by atomic mass is 10.2. The van der Waals surface area contributed by atoms with E-state index in [1.807, 2.05) is 43.3 Å². The quantitative estimate of drug-likeness (QED) is 0.483. The summed E-state index contributed by atoms with van der Waals surface area (Å²) in [7, 11) is 0. The summed E-state index contributed by atoms with van der Waals surface area (Å²) in [4.78, 5) is 14.5. The molecular weight excluding hydrogens is 386 g/mol. The molecule has 0 unspecified atom stereocenters. The van der Waals surface area contributed by atoms with Gasteiger partial charge in [-0.1, -0.05) is 55.0 Å². The van der Waals surface area contributed by atoms with Gasteiger partial charge >= 0.3 is 0 Å². The van der Waals surface area contributed by atoms with E-state index in [4.69, 9.17) is 15.0 Å². The van der Waals surface area contributed by atoms with Gasteiger partial charge in [0.15, 0.2) is 17.0 Å². The van der Waals surface area contributed by atoms with Gasteiger partial charge in [-0.2, -0.15) is 9.97 Å². The van der Waals surface area contributed by atoms with Crippen molar-refractivity contribution in [3.05, 3.63) is 72.1 Å². The normalized spacial score (nSPS) is 14.6. The van der Waals surface area contributed by atoms with E-state index < -0.39 is 0 Å². The zero-order valence-electron chi connectivity index (χ0n) is 17.8. The van der Waals surface area contributed by atoms with Crippen molar-refractivity contribution in [3.8, 4) is 5.69 Å². The molecule has 2 aromatic heterocycles. The summed E-state index contributed by atoms with van der Waals surface area (Å²) in [6.45, 7) is 4.69. The maximum absolute atomic E-state index is 4.88. The molecule has 1 aliphatic rings. The molecular formula is C24H27N7. The maximum Gasteiger partial charge on any atom is 0.241 e. The average Bonchev–Trinajstić information content (AvgIpc) is 3.15. The van der Waals surface area contributed by atoms with Gasteiger partial charge in [0.2, 0.25) is 5.95 Å². The topological polar surface area (TPSA) is 70.9 Å². The third-order valence-electron chi connectivity index (χ3n) is 5.61. The molecule has 1 aliphatic heterocycles. The van der Waals surface area contributed by atoms with Crippen LogP contribution in [0.3, 0.4) is 0 Å². The number of nitrogens with one attached hydrogen (secondary N) is 2. The molecule has 158 valence electrons. The fourth-order valence-electron chi connectivity index (χ4n) is 4.06. The molecule has 31 heavy (non-hydrogen) atoms. The summed E-state index contributed by atoms with van der Waals surface area (Å²) in [5.41, 5.74) is 7.24. The molecule has 0 bridgehead atoms. The second-order valence-electron chi connectivity index (χ2n) is 7.90. The molecule has 1 saturated heterocycles. The monoisotopic (exact) mass is 413 g/mol.